The van der Waals surface area contributed by atoms with E-state index in [2.05, 4.69) is 38.0 Å². The van der Waals surface area contributed by atoms with Gasteiger partial charge in [-0.15, -0.1) is 0 Å². The summed E-state index contributed by atoms with van der Waals surface area (Å²) in [5, 5.41) is 0. The van der Waals surface area contributed by atoms with Crippen molar-refractivity contribution in [3.63, 3.8) is 0 Å². The maximum Gasteiger partial charge on any atom is 0.228 e. The van der Waals surface area contributed by atoms with Crippen molar-refractivity contribution < 1.29 is 9.47 Å². The van der Waals surface area contributed by atoms with E-state index in [0.29, 0.717) is 11.9 Å². The van der Waals surface area contributed by atoms with Gasteiger partial charge in [0, 0.05) is 37.9 Å². The molecular formula is C20H26N4O2. The normalized spacial score (nSPS) is 22.9. The van der Waals surface area contributed by atoms with E-state index >= 15 is 0 Å². The zero-order valence-electron chi connectivity index (χ0n) is 15.5. The Labute approximate surface area is 154 Å². The van der Waals surface area contributed by atoms with E-state index in [0.717, 1.165) is 43.8 Å². The van der Waals surface area contributed by atoms with Crippen LogP contribution in [0.3, 0.4) is 0 Å². The number of aromatic nitrogens is 2. The average molecular weight is 354 g/mol. The summed E-state index contributed by atoms with van der Waals surface area (Å²) in [5.41, 5.74) is 1.31. The van der Waals surface area contributed by atoms with Gasteiger partial charge < -0.3 is 14.4 Å². The molecule has 2 aliphatic rings. The van der Waals surface area contributed by atoms with Crippen LogP contribution in [0.5, 0.6) is 11.6 Å². The summed E-state index contributed by atoms with van der Waals surface area (Å²) >= 11 is 0. The maximum absolute atomic E-state index is 5.37. The van der Waals surface area contributed by atoms with Crippen LogP contribution in [0.4, 0.5) is 5.95 Å². The number of anilines is 1. The van der Waals surface area contributed by atoms with Gasteiger partial charge in [0.1, 0.15) is 5.75 Å². The summed E-state index contributed by atoms with van der Waals surface area (Å²) in [7, 11) is 3.36. The minimum Gasteiger partial charge on any atom is -0.497 e. The molecule has 2 atom stereocenters. The van der Waals surface area contributed by atoms with E-state index in [1.165, 1.54) is 18.4 Å². The van der Waals surface area contributed by atoms with Crippen molar-refractivity contribution in [3.05, 3.63) is 42.1 Å². The number of benzene rings is 1. The van der Waals surface area contributed by atoms with Crippen LogP contribution in [0.25, 0.3) is 0 Å². The Morgan fingerprint density at radius 3 is 2.85 bits per heavy atom. The lowest BCUT2D eigenvalue weighted by atomic mass is 9.92. The van der Waals surface area contributed by atoms with Crippen molar-refractivity contribution in [2.24, 2.45) is 5.92 Å². The number of hydrogen-bond donors (Lipinski definition) is 0. The molecule has 2 fully saturated rings. The Balaban J connectivity index is 1.47. The van der Waals surface area contributed by atoms with Gasteiger partial charge in [-0.25, -0.2) is 4.98 Å². The van der Waals surface area contributed by atoms with Crippen LogP contribution in [0.2, 0.25) is 0 Å². The number of likely N-dealkylation sites (tertiary alicyclic amines) is 1. The number of hydrogen-bond acceptors (Lipinski definition) is 6. The SMILES string of the molecule is COc1cccc(CN2CCC3CCN(c4nccc(OC)n4)CC32)c1. The number of nitrogens with zero attached hydrogens (tertiary/aromatic N) is 4. The summed E-state index contributed by atoms with van der Waals surface area (Å²) in [4.78, 5) is 13.9. The number of ether oxygens (including phenoxy) is 2. The molecule has 2 unspecified atom stereocenters. The van der Waals surface area contributed by atoms with Crippen molar-refractivity contribution >= 4 is 5.95 Å². The predicted octanol–water partition coefficient (Wildman–Crippen LogP) is 2.59. The molecule has 1 aromatic heterocycles. The first-order valence-corrected chi connectivity index (χ1v) is 9.26. The quantitative estimate of drug-likeness (QED) is 0.823. The second-order valence-corrected chi connectivity index (χ2v) is 7.07. The highest BCUT2D eigenvalue weighted by molar-refractivity contribution is 5.34. The number of methoxy groups -OCH3 is 2. The molecule has 4 rings (SSSR count). The largest absolute Gasteiger partial charge is 0.497 e. The van der Waals surface area contributed by atoms with E-state index in [-0.39, 0.29) is 0 Å². The molecule has 0 radical (unpaired) electrons. The van der Waals surface area contributed by atoms with Gasteiger partial charge in [0.15, 0.2) is 0 Å². The lowest BCUT2D eigenvalue weighted by molar-refractivity contribution is 0.199. The smallest absolute Gasteiger partial charge is 0.228 e. The number of fused-ring (bicyclic) bond motifs is 1. The molecule has 6 heteroatoms. The van der Waals surface area contributed by atoms with Crippen molar-refractivity contribution in [1.82, 2.24) is 14.9 Å². The molecule has 3 heterocycles. The van der Waals surface area contributed by atoms with Crippen LogP contribution in [-0.2, 0) is 6.54 Å². The number of piperidine rings is 1. The highest BCUT2D eigenvalue weighted by Gasteiger charge is 2.38. The molecule has 0 aliphatic carbocycles. The summed E-state index contributed by atoms with van der Waals surface area (Å²) in [6.07, 6.45) is 4.25. The Morgan fingerprint density at radius 2 is 2.00 bits per heavy atom. The van der Waals surface area contributed by atoms with Gasteiger partial charge in [0.25, 0.3) is 0 Å². The molecule has 0 N–H and O–H groups in total. The number of rotatable bonds is 5. The molecule has 2 aromatic rings. The molecule has 26 heavy (non-hydrogen) atoms. The van der Waals surface area contributed by atoms with E-state index in [1.54, 1.807) is 26.5 Å². The molecule has 6 nitrogen and oxygen atoms in total. The Kier molecular flexibility index (Phi) is 4.93. The third-order valence-electron chi connectivity index (χ3n) is 5.61. The van der Waals surface area contributed by atoms with Crippen molar-refractivity contribution in [1.29, 1.82) is 0 Å². The highest BCUT2D eigenvalue weighted by Crippen LogP contribution is 2.34. The van der Waals surface area contributed by atoms with Gasteiger partial charge in [-0.3, -0.25) is 4.90 Å². The van der Waals surface area contributed by atoms with Crippen LogP contribution in [0.1, 0.15) is 18.4 Å². The van der Waals surface area contributed by atoms with Gasteiger partial charge in [-0.2, -0.15) is 4.98 Å². The molecular weight excluding hydrogens is 328 g/mol. The molecule has 0 amide bonds. The predicted molar refractivity (Wildman–Crippen MR) is 101 cm³/mol. The Bertz CT molecular complexity index is 754. The average Bonchev–Trinajstić information content (AvgIpc) is 3.10. The van der Waals surface area contributed by atoms with Crippen LogP contribution >= 0.6 is 0 Å². The molecule has 0 spiro atoms. The van der Waals surface area contributed by atoms with Gasteiger partial charge in [0.05, 0.1) is 14.2 Å². The summed E-state index contributed by atoms with van der Waals surface area (Å²) in [6.45, 7) is 4.10. The monoisotopic (exact) mass is 354 g/mol. The molecule has 0 saturated carbocycles. The fourth-order valence-corrected chi connectivity index (χ4v) is 4.21. The second kappa shape index (κ2) is 7.50. The molecule has 1 aromatic carbocycles. The Hall–Kier alpha value is -2.34. The van der Waals surface area contributed by atoms with Crippen molar-refractivity contribution in [2.75, 3.05) is 38.8 Å². The first-order valence-electron chi connectivity index (χ1n) is 9.26. The van der Waals surface area contributed by atoms with Gasteiger partial charge in [-0.1, -0.05) is 12.1 Å². The second-order valence-electron chi connectivity index (χ2n) is 7.07. The molecule has 2 saturated heterocycles. The zero-order valence-corrected chi connectivity index (χ0v) is 15.5. The lowest BCUT2D eigenvalue weighted by Crippen LogP contribution is -2.48. The standard InChI is InChI=1S/C20H26N4O2/c1-25-17-5-3-4-15(12-17)13-23-10-7-16-8-11-24(14-18(16)23)20-21-9-6-19(22-20)26-2/h3-6,9,12,16,18H,7-8,10-11,13-14H2,1-2H3. The van der Waals surface area contributed by atoms with Gasteiger partial charge in [0.2, 0.25) is 11.8 Å². The fraction of sp³-hybridized carbons (Fsp3) is 0.500. The minimum atomic E-state index is 0.546. The van der Waals surface area contributed by atoms with Crippen LogP contribution in [0.15, 0.2) is 36.5 Å². The van der Waals surface area contributed by atoms with Crippen LogP contribution in [0, 0.1) is 5.92 Å². The Morgan fingerprint density at radius 1 is 1.12 bits per heavy atom. The van der Waals surface area contributed by atoms with Crippen molar-refractivity contribution in [2.45, 2.75) is 25.4 Å². The lowest BCUT2D eigenvalue weighted by Gasteiger charge is -2.38. The van der Waals surface area contributed by atoms with Crippen LogP contribution in [-0.4, -0.2) is 54.8 Å². The van der Waals surface area contributed by atoms with E-state index in [9.17, 15) is 0 Å². The first kappa shape index (κ1) is 17.1. The van der Waals surface area contributed by atoms with Crippen molar-refractivity contribution in [3.8, 4) is 11.6 Å². The van der Waals surface area contributed by atoms with Crippen LogP contribution < -0.4 is 14.4 Å². The van der Waals surface area contributed by atoms with Gasteiger partial charge >= 0.3 is 0 Å². The molecule has 0 bridgehead atoms. The molecule has 2 aliphatic heterocycles. The van der Waals surface area contributed by atoms with Gasteiger partial charge in [-0.05, 0) is 43.0 Å². The van der Waals surface area contributed by atoms with E-state index < -0.39 is 0 Å². The third-order valence-corrected chi connectivity index (χ3v) is 5.61. The highest BCUT2D eigenvalue weighted by atomic mass is 16.5. The summed E-state index contributed by atoms with van der Waals surface area (Å²) in [6, 6.07) is 10.7. The zero-order chi connectivity index (χ0) is 17.9. The summed E-state index contributed by atoms with van der Waals surface area (Å²) < 4.78 is 10.6. The van der Waals surface area contributed by atoms with E-state index in [1.807, 2.05) is 6.07 Å². The van der Waals surface area contributed by atoms with E-state index in [4.69, 9.17) is 9.47 Å². The molecule has 138 valence electrons. The topological polar surface area (TPSA) is 50.7 Å². The third kappa shape index (κ3) is 3.46. The maximum atomic E-state index is 5.37. The fourth-order valence-electron chi connectivity index (χ4n) is 4.21. The first-order chi connectivity index (χ1) is 12.8. The minimum absolute atomic E-state index is 0.546. The summed E-state index contributed by atoms with van der Waals surface area (Å²) in [5.74, 6) is 3.09.